The molecule has 1 aliphatic heterocycles. The number of benzene rings is 2. The molecule has 5 N–H and O–H groups in total. The van der Waals surface area contributed by atoms with Gasteiger partial charge in [0.15, 0.2) is 0 Å². The lowest BCUT2D eigenvalue weighted by atomic mass is 9.74. The lowest BCUT2D eigenvalue weighted by molar-refractivity contribution is -0.138. The Morgan fingerprint density at radius 2 is 1.80 bits per heavy atom. The zero-order valence-electron chi connectivity index (χ0n) is 23.6. The number of aromatic nitrogens is 1. The maximum atomic E-state index is 14.0. The van der Waals surface area contributed by atoms with Crippen LogP contribution in [0.4, 0.5) is 0 Å². The molecule has 0 bridgehead atoms. The van der Waals surface area contributed by atoms with E-state index in [1.165, 1.54) is 11.1 Å². The lowest BCUT2D eigenvalue weighted by Crippen LogP contribution is -2.55. The number of H-pyrrole nitrogens is 1. The maximum absolute atomic E-state index is 14.0. The van der Waals surface area contributed by atoms with E-state index in [-0.39, 0.29) is 36.8 Å². The number of nitrogens with one attached hydrogen (secondary N) is 3. The van der Waals surface area contributed by atoms with Crippen LogP contribution in [0.15, 0.2) is 54.7 Å². The molecule has 8 heteroatoms. The van der Waals surface area contributed by atoms with Gasteiger partial charge in [0.2, 0.25) is 11.8 Å². The molecule has 1 fully saturated rings. The predicted octanol–water partition coefficient (Wildman–Crippen LogP) is 2.81. The summed E-state index contributed by atoms with van der Waals surface area (Å²) in [6.07, 6.45) is 5.67. The molecule has 5 rings (SSSR count). The van der Waals surface area contributed by atoms with Crippen molar-refractivity contribution in [2.75, 3.05) is 26.2 Å². The predicted molar refractivity (Wildman–Crippen MR) is 156 cm³/mol. The molecule has 2 heterocycles. The number of aryl methyl sites for hydroxylation is 1. The monoisotopic (exact) mass is 546 g/mol. The summed E-state index contributed by atoms with van der Waals surface area (Å²) in [6.45, 7) is 4.93. The minimum atomic E-state index is -0.896. The minimum absolute atomic E-state index is 0.0405. The number of carbonyl (C=O) groups is 2. The van der Waals surface area contributed by atoms with E-state index in [2.05, 4.69) is 39.9 Å². The molecule has 2 aromatic carbocycles. The first kappa shape index (κ1) is 28.3. The van der Waals surface area contributed by atoms with Gasteiger partial charge in [-0.15, -0.1) is 0 Å². The molecule has 1 aromatic heterocycles. The molecule has 8 nitrogen and oxygen atoms in total. The third-order valence-electron chi connectivity index (χ3n) is 8.86. The number of aliphatic hydroxyl groups is 2. The zero-order valence-corrected chi connectivity index (χ0v) is 23.6. The van der Waals surface area contributed by atoms with Crippen molar-refractivity contribution in [2.24, 2.45) is 0 Å². The molecule has 2 amide bonds. The topological polar surface area (TPSA) is 118 Å². The Bertz CT molecular complexity index is 1340. The van der Waals surface area contributed by atoms with E-state index in [9.17, 15) is 14.7 Å². The fraction of sp³-hybridized carbons (Fsp3) is 0.500. The molecule has 40 heavy (non-hydrogen) atoms. The molecule has 0 saturated carbocycles. The molecular formula is C32H42N4O4. The molecule has 1 spiro atoms. The largest absolute Gasteiger partial charge is 0.394 e. The number of likely N-dealkylation sites (tertiary alicyclic amines) is 1. The third kappa shape index (κ3) is 6.09. The summed E-state index contributed by atoms with van der Waals surface area (Å²) in [5, 5.41) is 26.1. The fourth-order valence-electron chi connectivity index (χ4n) is 6.55. The molecule has 0 radical (unpaired) electrons. The fourth-order valence-corrected chi connectivity index (χ4v) is 6.55. The Labute approximate surface area is 236 Å². The highest BCUT2D eigenvalue weighted by Gasteiger charge is 2.42. The molecule has 2 aliphatic rings. The first-order valence-corrected chi connectivity index (χ1v) is 14.5. The number of aromatic amines is 1. The minimum Gasteiger partial charge on any atom is -0.394 e. The van der Waals surface area contributed by atoms with E-state index in [4.69, 9.17) is 5.11 Å². The van der Waals surface area contributed by atoms with Crippen LogP contribution in [0.25, 0.3) is 10.9 Å². The van der Waals surface area contributed by atoms with Crippen LogP contribution in [0.5, 0.6) is 0 Å². The van der Waals surface area contributed by atoms with Crippen molar-refractivity contribution < 1.29 is 19.8 Å². The smallest absolute Gasteiger partial charge is 0.245 e. The van der Waals surface area contributed by atoms with Gasteiger partial charge in [0.1, 0.15) is 6.04 Å². The Hall–Kier alpha value is -3.20. The number of para-hydroxylation sites is 1. The molecule has 2 atom stereocenters. The van der Waals surface area contributed by atoms with Crippen LogP contribution >= 0.6 is 0 Å². The Balaban J connectivity index is 1.30. The Morgan fingerprint density at radius 1 is 1.07 bits per heavy atom. The van der Waals surface area contributed by atoms with Gasteiger partial charge in [-0.1, -0.05) is 42.5 Å². The Morgan fingerprint density at radius 3 is 2.58 bits per heavy atom. The molecule has 3 aromatic rings. The van der Waals surface area contributed by atoms with Crippen LogP contribution in [0.1, 0.15) is 56.2 Å². The van der Waals surface area contributed by atoms with Crippen molar-refractivity contribution in [3.8, 4) is 0 Å². The molecular weight excluding hydrogens is 504 g/mol. The van der Waals surface area contributed by atoms with Crippen LogP contribution < -0.4 is 10.6 Å². The van der Waals surface area contributed by atoms with E-state index in [1.54, 1.807) is 0 Å². The van der Waals surface area contributed by atoms with Gasteiger partial charge in [-0.25, -0.2) is 0 Å². The Kier molecular flexibility index (Phi) is 8.31. The van der Waals surface area contributed by atoms with Gasteiger partial charge < -0.3 is 30.7 Å². The summed E-state index contributed by atoms with van der Waals surface area (Å²) in [7, 11) is 0. The van der Waals surface area contributed by atoms with Crippen LogP contribution in [-0.2, 0) is 27.8 Å². The number of aliphatic hydroxyl groups excluding tert-OH is 2. The highest BCUT2D eigenvalue weighted by molar-refractivity contribution is 5.90. The summed E-state index contributed by atoms with van der Waals surface area (Å²) >= 11 is 0. The van der Waals surface area contributed by atoms with E-state index >= 15 is 0 Å². The third-order valence-corrected chi connectivity index (χ3v) is 8.86. The van der Waals surface area contributed by atoms with E-state index in [1.807, 2.05) is 49.2 Å². The number of β-amino-alcohol motifs (C(OH)–C–C–N with tert-alkyl or cyclic N) is 1. The first-order valence-electron chi connectivity index (χ1n) is 14.5. The van der Waals surface area contributed by atoms with E-state index < -0.39 is 17.7 Å². The van der Waals surface area contributed by atoms with E-state index in [0.29, 0.717) is 19.5 Å². The summed E-state index contributed by atoms with van der Waals surface area (Å²) in [6, 6.07) is 16.0. The molecule has 0 unspecified atom stereocenters. The SMILES string of the molecule is CC(C)(CC(=O)N[C@H](Cc1c[nH]c2ccccc12)C(=O)N1CCC2(CCc3ccccc32)CC1)NC[C@@H](O)CO. The van der Waals surface area contributed by atoms with Gasteiger partial charge in [-0.05, 0) is 67.7 Å². The van der Waals surface area contributed by atoms with Crippen molar-refractivity contribution in [2.45, 2.75) is 75.5 Å². The highest BCUT2D eigenvalue weighted by Crippen LogP contribution is 2.46. The van der Waals surface area contributed by atoms with Crippen molar-refractivity contribution in [1.82, 2.24) is 20.5 Å². The summed E-state index contributed by atoms with van der Waals surface area (Å²) < 4.78 is 0. The number of rotatable bonds is 10. The average Bonchev–Trinajstić information content (AvgIpc) is 3.53. The van der Waals surface area contributed by atoms with Crippen LogP contribution in [0, 0.1) is 0 Å². The molecule has 214 valence electrons. The van der Waals surface area contributed by atoms with Crippen LogP contribution in [-0.4, -0.2) is 75.8 Å². The molecule has 1 saturated heterocycles. The summed E-state index contributed by atoms with van der Waals surface area (Å²) in [5.74, 6) is -0.270. The average molecular weight is 547 g/mol. The quantitative estimate of drug-likeness (QED) is 0.268. The normalized spacial score (nSPS) is 18.1. The van der Waals surface area contributed by atoms with Crippen molar-refractivity contribution in [1.29, 1.82) is 0 Å². The van der Waals surface area contributed by atoms with Crippen molar-refractivity contribution in [3.05, 3.63) is 71.4 Å². The van der Waals surface area contributed by atoms with Crippen molar-refractivity contribution >= 4 is 22.7 Å². The number of carbonyl (C=O) groups excluding carboxylic acids is 2. The number of nitrogens with zero attached hydrogens (tertiary/aromatic N) is 1. The maximum Gasteiger partial charge on any atom is 0.245 e. The van der Waals surface area contributed by atoms with Crippen LogP contribution in [0.3, 0.4) is 0 Å². The highest BCUT2D eigenvalue weighted by atomic mass is 16.3. The van der Waals surface area contributed by atoms with Gasteiger partial charge in [0, 0.05) is 55.1 Å². The lowest BCUT2D eigenvalue weighted by Gasteiger charge is -2.41. The zero-order chi connectivity index (χ0) is 28.3. The number of piperidine rings is 1. The standard InChI is InChI=1S/C32H42N4O4/c1-31(2,34-20-24(38)21-37)18-29(39)35-28(17-23-19-33-27-10-6-4-8-25(23)27)30(40)36-15-13-32(14-16-36)12-11-22-7-3-5-9-26(22)32/h3-10,19,24,28,33-34,37-38H,11-18,20-21H2,1-2H3,(H,35,39)/t24-,28-/m1/s1. The summed E-state index contributed by atoms with van der Waals surface area (Å²) in [5.41, 5.74) is 4.42. The van der Waals surface area contributed by atoms with Gasteiger partial charge in [0.05, 0.1) is 12.7 Å². The van der Waals surface area contributed by atoms with Gasteiger partial charge in [-0.3, -0.25) is 9.59 Å². The second-order valence-electron chi connectivity index (χ2n) is 12.2. The second-order valence-corrected chi connectivity index (χ2v) is 12.2. The van der Waals surface area contributed by atoms with Crippen LogP contribution in [0.2, 0.25) is 0 Å². The molecule has 1 aliphatic carbocycles. The van der Waals surface area contributed by atoms with E-state index in [0.717, 1.165) is 42.1 Å². The number of amides is 2. The van der Waals surface area contributed by atoms with Crippen molar-refractivity contribution in [3.63, 3.8) is 0 Å². The summed E-state index contributed by atoms with van der Waals surface area (Å²) in [4.78, 5) is 32.5. The first-order chi connectivity index (χ1) is 19.2. The van der Waals surface area contributed by atoms with Gasteiger partial charge >= 0.3 is 0 Å². The number of fused-ring (bicyclic) bond motifs is 3. The number of hydrogen-bond donors (Lipinski definition) is 5. The van der Waals surface area contributed by atoms with Gasteiger partial charge in [-0.2, -0.15) is 0 Å². The second kappa shape index (κ2) is 11.7. The number of hydrogen-bond acceptors (Lipinski definition) is 5. The van der Waals surface area contributed by atoms with Gasteiger partial charge in [0.25, 0.3) is 0 Å².